The molecule has 1 saturated heterocycles. The van der Waals surface area contributed by atoms with Gasteiger partial charge < -0.3 is 10.2 Å². The van der Waals surface area contributed by atoms with E-state index in [1.165, 1.54) is 16.7 Å². The van der Waals surface area contributed by atoms with Crippen molar-refractivity contribution in [2.75, 3.05) is 19.6 Å². The fraction of sp³-hybridized carbons (Fsp3) is 0.476. The molecule has 27 heavy (non-hydrogen) atoms. The van der Waals surface area contributed by atoms with Gasteiger partial charge in [0, 0.05) is 56.6 Å². The van der Waals surface area contributed by atoms with Gasteiger partial charge in [-0.2, -0.15) is 0 Å². The number of carbonyl (C=O) groups is 1. The number of nitrogens with one attached hydrogen (secondary N) is 1. The summed E-state index contributed by atoms with van der Waals surface area (Å²) in [6.45, 7) is 4.82. The van der Waals surface area contributed by atoms with E-state index in [1.807, 2.05) is 11.1 Å². The van der Waals surface area contributed by atoms with Gasteiger partial charge in [0.1, 0.15) is 0 Å². The monoisotopic (exact) mass is 363 g/mol. The lowest BCUT2D eigenvalue weighted by Gasteiger charge is -2.27. The van der Waals surface area contributed by atoms with Crippen molar-refractivity contribution >= 4 is 5.91 Å². The summed E-state index contributed by atoms with van der Waals surface area (Å²) in [4.78, 5) is 26.7. The van der Waals surface area contributed by atoms with Crippen LogP contribution in [0, 0.1) is 0 Å². The average molecular weight is 363 g/mol. The third-order valence-electron chi connectivity index (χ3n) is 5.96. The molecule has 1 aromatic heterocycles. The zero-order valence-corrected chi connectivity index (χ0v) is 15.5. The molecule has 0 unspecified atom stereocenters. The van der Waals surface area contributed by atoms with Crippen LogP contribution in [0.3, 0.4) is 0 Å². The molecule has 3 aliphatic rings. The SMILES string of the molecule is O=C(CN1Cc2ccccc2C1)N1CCC[C@H]1c1ncc2c(n1)CCNC2. The summed E-state index contributed by atoms with van der Waals surface area (Å²) >= 11 is 0. The standard InChI is InChI=1S/C21H25N5O/c27-20(14-25-12-15-4-1-2-5-16(15)13-25)26-9-3-6-19(26)21-23-11-17-10-22-8-7-18(17)24-21/h1-2,4-5,11,19,22H,3,6-10,12-14H2/t19-/m0/s1. The minimum Gasteiger partial charge on any atom is -0.331 e. The van der Waals surface area contributed by atoms with Crippen LogP contribution in [0.4, 0.5) is 0 Å². The first-order chi connectivity index (χ1) is 13.3. The highest BCUT2D eigenvalue weighted by Crippen LogP contribution is 2.31. The molecule has 140 valence electrons. The maximum absolute atomic E-state index is 13.0. The van der Waals surface area contributed by atoms with Crippen LogP contribution in [0.25, 0.3) is 0 Å². The van der Waals surface area contributed by atoms with E-state index < -0.39 is 0 Å². The van der Waals surface area contributed by atoms with E-state index in [2.05, 4.69) is 39.5 Å². The van der Waals surface area contributed by atoms with Crippen molar-refractivity contribution in [3.05, 3.63) is 58.7 Å². The van der Waals surface area contributed by atoms with Crippen molar-refractivity contribution in [2.24, 2.45) is 0 Å². The molecule has 0 aliphatic carbocycles. The van der Waals surface area contributed by atoms with E-state index in [-0.39, 0.29) is 11.9 Å². The number of aromatic nitrogens is 2. The molecule has 6 heteroatoms. The Bertz CT molecular complexity index is 842. The predicted octanol–water partition coefficient (Wildman–Crippen LogP) is 1.80. The number of fused-ring (bicyclic) bond motifs is 2. The van der Waals surface area contributed by atoms with Gasteiger partial charge in [-0.25, -0.2) is 9.97 Å². The Morgan fingerprint density at radius 2 is 2.00 bits per heavy atom. The number of rotatable bonds is 3. The van der Waals surface area contributed by atoms with Gasteiger partial charge in [0.2, 0.25) is 5.91 Å². The third kappa shape index (κ3) is 3.24. The molecule has 0 radical (unpaired) electrons. The molecule has 1 aromatic carbocycles. The molecule has 1 fully saturated rings. The summed E-state index contributed by atoms with van der Waals surface area (Å²) in [5, 5.41) is 3.35. The van der Waals surface area contributed by atoms with Gasteiger partial charge >= 0.3 is 0 Å². The largest absolute Gasteiger partial charge is 0.331 e. The lowest BCUT2D eigenvalue weighted by molar-refractivity contribution is -0.133. The van der Waals surface area contributed by atoms with Crippen LogP contribution < -0.4 is 5.32 Å². The van der Waals surface area contributed by atoms with E-state index in [0.29, 0.717) is 6.54 Å². The number of amides is 1. The van der Waals surface area contributed by atoms with Crippen LogP contribution in [-0.2, 0) is 30.8 Å². The van der Waals surface area contributed by atoms with Crippen LogP contribution >= 0.6 is 0 Å². The number of nitrogens with zero attached hydrogens (tertiary/aromatic N) is 4. The number of carbonyl (C=O) groups excluding carboxylic acids is 1. The second-order valence-electron chi connectivity index (χ2n) is 7.79. The molecule has 6 nitrogen and oxygen atoms in total. The van der Waals surface area contributed by atoms with Gasteiger partial charge in [0.25, 0.3) is 0 Å². The Morgan fingerprint density at radius 3 is 2.81 bits per heavy atom. The molecular formula is C21H25N5O. The topological polar surface area (TPSA) is 61.4 Å². The highest BCUT2D eigenvalue weighted by molar-refractivity contribution is 5.79. The Balaban J connectivity index is 1.29. The van der Waals surface area contributed by atoms with Gasteiger partial charge in [-0.1, -0.05) is 24.3 Å². The second kappa shape index (κ2) is 7.02. The molecule has 3 aliphatic heterocycles. The zero-order valence-electron chi connectivity index (χ0n) is 15.5. The van der Waals surface area contributed by atoms with Crippen LogP contribution in [0.2, 0.25) is 0 Å². The lowest BCUT2D eigenvalue weighted by atomic mass is 10.1. The van der Waals surface area contributed by atoms with Gasteiger partial charge in [0.05, 0.1) is 12.6 Å². The van der Waals surface area contributed by atoms with E-state index in [0.717, 1.165) is 63.5 Å². The molecule has 5 rings (SSSR count). The molecule has 1 N–H and O–H groups in total. The van der Waals surface area contributed by atoms with Gasteiger partial charge in [-0.05, 0) is 24.0 Å². The van der Waals surface area contributed by atoms with Crippen molar-refractivity contribution < 1.29 is 4.79 Å². The van der Waals surface area contributed by atoms with Crippen molar-refractivity contribution in [1.82, 2.24) is 25.1 Å². The molecule has 1 amide bonds. The van der Waals surface area contributed by atoms with E-state index >= 15 is 0 Å². The number of hydrogen-bond donors (Lipinski definition) is 1. The summed E-state index contributed by atoms with van der Waals surface area (Å²) in [6.07, 6.45) is 4.88. The summed E-state index contributed by atoms with van der Waals surface area (Å²) < 4.78 is 0. The van der Waals surface area contributed by atoms with Crippen molar-refractivity contribution in [2.45, 2.75) is 44.9 Å². The number of likely N-dealkylation sites (tertiary alicyclic amines) is 1. The molecule has 1 atom stereocenters. The van der Waals surface area contributed by atoms with Crippen molar-refractivity contribution in [3.63, 3.8) is 0 Å². The van der Waals surface area contributed by atoms with E-state index in [1.54, 1.807) is 0 Å². The Kier molecular flexibility index (Phi) is 4.38. The van der Waals surface area contributed by atoms with Crippen LogP contribution in [-0.4, -0.2) is 45.3 Å². The molecular weight excluding hydrogens is 338 g/mol. The predicted molar refractivity (Wildman–Crippen MR) is 102 cm³/mol. The van der Waals surface area contributed by atoms with Crippen molar-refractivity contribution in [3.8, 4) is 0 Å². The summed E-state index contributed by atoms with van der Waals surface area (Å²) in [6, 6.07) is 8.50. The summed E-state index contributed by atoms with van der Waals surface area (Å²) in [7, 11) is 0. The van der Waals surface area contributed by atoms with Gasteiger partial charge in [0.15, 0.2) is 5.82 Å². The van der Waals surface area contributed by atoms with Gasteiger partial charge in [-0.3, -0.25) is 9.69 Å². The van der Waals surface area contributed by atoms with Gasteiger partial charge in [-0.15, -0.1) is 0 Å². The summed E-state index contributed by atoms with van der Waals surface area (Å²) in [5.74, 6) is 1.03. The average Bonchev–Trinajstić information content (AvgIpc) is 3.34. The Hall–Kier alpha value is -2.31. The maximum Gasteiger partial charge on any atom is 0.237 e. The maximum atomic E-state index is 13.0. The lowest BCUT2D eigenvalue weighted by Crippen LogP contribution is -2.39. The fourth-order valence-corrected chi connectivity index (χ4v) is 4.54. The first-order valence-corrected chi connectivity index (χ1v) is 9.92. The first-order valence-electron chi connectivity index (χ1n) is 9.92. The second-order valence-corrected chi connectivity index (χ2v) is 7.79. The van der Waals surface area contributed by atoms with E-state index in [9.17, 15) is 4.79 Å². The smallest absolute Gasteiger partial charge is 0.237 e. The molecule has 4 heterocycles. The summed E-state index contributed by atoms with van der Waals surface area (Å²) in [5.41, 5.74) is 5.02. The third-order valence-corrected chi connectivity index (χ3v) is 5.96. The first kappa shape index (κ1) is 16.8. The van der Waals surface area contributed by atoms with E-state index in [4.69, 9.17) is 4.98 Å². The zero-order chi connectivity index (χ0) is 18.2. The highest BCUT2D eigenvalue weighted by Gasteiger charge is 2.33. The quantitative estimate of drug-likeness (QED) is 0.901. The minimum absolute atomic E-state index is 0.0302. The van der Waals surface area contributed by atoms with Crippen LogP contribution in [0.1, 0.15) is 47.1 Å². The molecule has 0 spiro atoms. The number of hydrogen-bond acceptors (Lipinski definition) is 5. The fourth-order valence-electron chi connectivity index (χ4n) is 4.54. The Morgan fingerprint density at radius 1 is 1.19 bits per heavy atom. The van der Waals surface area contributed by atoms with Crippen LogP contribution in [0.15, 0.2) is 30.5 Å². The Labute approximate surface area is 159 Å². The normalized spacial score (nSPS) is 21.9. The molecule has 2 aromatic rings. The number of benzene rings is 1. The minimum atomic E-state index is 0.0302. The molecule has 0 saturated carbocycles. The molecule has 0 bridgehead atoms. The van der Waals surface area contributed by atoms with Crippen molar-refractivity contribution in [1.29, 1.82) is 0 Å². The van der Waals surface area contributed by atoms with Crippen LogP contribution in [0.5, 0.6) is 0 Å². The highest BCUT2D eigenvalue weighted by atomic mass is 16.2.